The van der Waals surface area contributed by atoms with Gasteiger partial charge in [-0.15, -0.1) is 11.3 Å². The third-order valence-electron chi connectivity index (χ3n) is 5.03. The van der Waals surface area contributed by atoms with Crippen molar-refractivity contribution in [2.45, 2.75) is 61.0 Å². The van der Waals surface area contributed by atoms with Crippen molar-refractivity contribution in [2.24, 2.45) is 0 Å². The number of aliphatic hydroxyl groups is 8. The molecule has 2 saturated heterocycles. The third-order valence-corrected chi connectivity index (χ3v) is 6.05. The van der Waals surface area contributed by atoms with Crippen LogP contribution in [-0.4, -0.2) is 103 Å². The van der Waals surface area contributed by atoms with Gasteiger partial charge in [-0.2, -0.15) is 0 Å². The van der Waals surface area contributed by atoms with Gasteiger partial charge in [0.1, 0.15) is 61.0 Å². The highest BCUT2D eigenvalue weighted by Gasteiger charge is 2.46. The van der Waals surface area contributed by atoms with Crippen LogP contribution in [0.2, 0.25) is 0 Å². The van der Waals surface area contributed by atoms with E-state index < -0.39 is 74.3 Å². The number of ether oxygens (including phenoxy) is 2. The van der Waals surface area contributed by atoms with Gasteiger partial charge in [0.05, 0.1) is 13.2 Å². The van der Waals surface area contributed by atoms with Gasteiger partial charge >= 0.3 is 0 Å². The molecule has 2 fully saturated rings. The molecule has 2 aliphatic rings. The molecule has 3 rings (SSSR count). The molecule has 10 nitrogen and oxygen atoms in total. The molecule has 27 heavy (non-hydrogen) atoms. The second-order valence-electron chi connectivity index (χ2n) is 6.78. The highest BCUT2D eigenvalue weighted by Crippen LogP contribution is 2.39. The average Bonchev–Trinajstić information content (AvgIpc) is 3.14. The zero-order valence-corrected chi connectivity index (χ0v) is 15.0. The number of hydrogen-bond acceptors (Lipinski definition) is 11. The Morgan fingerprint density at radius 3 is 1.70 bits per heavy atom. The minimum atomic E-state index is -1.52. The second-order valence-corrected chi connectivity index (χ2v) is 7.72. The van der Waals surface area contributed by atoms with Crippen LogP contribution in [0.1, 0.15) is 22.6 Å². The Labute approximate surface area is 158 Å². The maximum absolute atomic E-state index is 10.2. The summed E-state index contributed by atoms with van der Waals surface area (Å²) in [5.74, 6) is 0. The standard InChI is InChI=1S/C16H24O10S/c17-2-6-9(19)11(21)13(23)15(25-6)5-1-8(27-4-5)16-14(24)12(22)10(20)7(3-18)26-16/h1,4,6-7,9-24H,2-3H2/t6-,7-,9-,10-,11+,12+,13+,14+,15-,16+/m1/s1. The molecule has 0 bridgehead atoms. The summed E-state index contributed by atoms with van der Waals surface area (Å²) in [5, 5.41) is 80.1. The van der Waals surface area contributed by atoms with Gasteiger partial charge in [0.25, 0.3) is 0 Å². The van der Waals surface area contributed by atoms with Crippen LogP contribution in [0.3, 0.4) is 0 Å². The Morgan fingerprint density at radius 1 is 0.704 bits per heavy atom. The van der Waals surface area contributed by atoms with E-state index >= 15 is 0 Å². The first kappa shape index (κ1) is 21.0. The fraction of sp³-hybridized carbons (Fsp3) is 0.750. The number of rotatable bonds is 4. The molecule has 1 aromatic rings. The zero-order chi connectivity index (χ0) is 19.9. The Morgan fingerprint density at radius 2 is 1.19 bits per heavy atom. The van der Waals surface area contributed by atoms with Crippen LogP contribution in [0.5, 0.6) is 0 Å². The Hall–Kier alpha value is -0.700. The molecular formula is C16H24O10S. The van der Waals surface area contributed by atoms with Crippen molar-refractivity contribution >= 4 is 11.3 Å². The minimum Gasteiger partial charge on any atom is -0.394 e. The maximum atomic E-state index is 10.2. The molecule has 0 saturated carbocycles. The summed E-state index contributed by atoms with van der Waals surface area (Å²) in [5.41, 5.74) is 0.420. The van der Waals surface area contributed by atoms with E-state index in [9.17, 15) is 40.9 Å². The van der Waals surface area contributed by atoms with Crippen molar-refractivity contribution in [2.75, 3.05) is 13.2 Å². The molecule has 8 N–H and O–H groups in total. The second kappa shape index (κ2) is 8.35. The van der Waals surface area contributed by atoms with Crippen LogP contribution >= 0.6 is 11.3 Å². The van der Waals surface area contributed by atoms with Gasteiger partial charge in [-0.05, 0) is 17.0 Å². The smallest absolute Gasteiger partial charge is 0.121 e. The van der Waals surface area contributed by atoms with E-state index in [1.165, 1.54) is 6.07 Å². The summed E-state index contributed by atoms with van der Waals surface area (Å²) < 4.78 is 11.0. The monoisotopic (exact) mass is 408 g/mol. The first-order valence-corrected chi connectivity index (χ1v) is 9.37. The fourth-order valence-electron chi connectivity index (χ4n) is 3.38. The van der Waals surface area contributed by atoms with Gasteiger partial charge in [0, 0.05) is 4.88 Å². The van der Waals surface area contributed by atoms with Crippen LogP contribution in [-0.2, 0) is 9.47 Å². The summed E-state index contributed by atoms with van der Waals surface area (Å²) in [6, 6.07) is 1.53. The fourth-order valence-corrected chi connectivity index (χ4v) is 4.39. The lowest BCUT2D eigenvalue weighted by Crippen LogP contribution is -2.55. The van der Waals surface area contributed by atoms with Gasteiger partial charge in [0.15, 0.2) is 0 Å². The van der Waals surface area contributed by atoms with Gasteiger partial charge in [-0.25, -0.2) is 0 Å². The Balaban J connectivity index is 1.82. The van der Waals surface area contributed by atoms with Gasteiger partial charge in [-0.3, -0.25) is 0 Å². The Bertz CT molecular complexity index is 572. The lowest BCUT2D eigenvalue weighted by Gasteiger charge is -2.40. The molecule has 1 aromatic heterocycles. The van der Waals surface area contributed by atoms with Gasteiger partial charge < -0.3 is 50.3 Å². The lowest BCUT2D eigenvalue weighted by molar-refractivity contribution is -0.232. The molecule has 0 radical (unpaired) electrons. The number of hydrogen-bond donors (Lipinski definition) is 8. The molecule has 0 amide bonds. The van der Waals surface area contributed by atoms with Crippen LogP contribution in [0.4, 0.5) is 0 Å². The molecule has 3 heterocycles. The van der Waals surface area contributed by atoms with E-state index in [0.717, 1.165) is 11.3 Å². The van der Waals surface area contributed by atoms with Gasteiger partial charge in [-0.1, -0.05) is 0 Å². The highest BCUT2D eigenvalue weighted by molar-refractivity contribution is 7.10. The lowest BCUT2D eigenvalue weighted by atomic mass is 9.91. The molecule has 0 unspecified atom stereocenters. The van der Waals surface area contributed by atoms with E-state index in [2.05, 4.69) is 0 Å². The molecular weight excluding hydrogens is 384 g/mol. The largest absolute Gasteiger partial charge is 0.394 e. The van der Waals surface area contributed by atoms with Crippen molar-refractivity contribution in [3.8, 4) is 0 Å². The van der Waals surface area contributed by atoms with Crippen LogP contribution < -0.4 is 0 Å². The third kappa shape index (κ3) is 3.78. The summed E-state index contributed by atoms with van der Waals surface area (Å²) in [6.45, 7) is -1.10. The van der Waals surface area contributed by atoms with Crippen molar-refractivity contribution in [3.63, 3.8) is 0 Å². The maximum Gasteiger partial charge on any atom is 0.121 e. The molecule has 0 spiro atoms. The van der Waals surface area contributed by atoms with Crippen LogP contribution in [0.15, 0.2) is 11.4 Å². The number of aliphatic hydroxyl groups excluding tert-OH is 8. The van der Waals surface area contributed by atoms with E-state index in [1.54, 1.807) is 5.38 Å². The van der Waals surface area contributed by atoms with Crippen LogP contribution in [0.25, 0.3) is 0 Å². The molecule has 2 aliphatic heterocycles. The SMILES string of the molecule is OC[C@H]1O[C@H](c2csc([C@@H]3O[C@H](CO)[C@@H](O)[C@H](O)[C@@H]3O)c2)[C@@H](O)[C@@H](O)[C@@H]1O. The molecule has 0 aliphatic carbocycles. The predicted molar refractivity (Wildman–Crippen MR) is 89.8 cm³/mol. The quantitative estimate of drug-likeness (QED) is 0.252. The Kier molecular flexibility index (Phi) is 6.50. The molecule has 154 valence electrons. The molecule has 11 heteroatoms. The van der Waals surface area contributed by atoms with Crippen molar-refractivity contribution in [1.29, 1.82) is 0 Å². The highest BCUT2D eigenvalue weighted by atomic mass is 32.1. The summed E-state index contributed by atoms with van der Waals surface area (Å²) in [7, 11) is 0. The number of thiophene rings is 1. The van der Waals surface area contributed by atoms with Crippen molar-refractivity contribution in [3.05, 3.63) is 21.9 Å². The topological polar surface area (TPSA) is 180 Å². The van der Waals surface area contributed by atoms with Gasteiger partial charge in [0.2, 0.25) is 0 Å². The van der Waals surface area contributed by atoms with E-state index in [-0.39, 0.29) is 0 Å². The summed E-state index contributed by atoms with van der Waals surface area (Å²) >= 11 is 1.13. The van der Waals surface area contributed by atoms with Crippen LogP contribution in [0, 0.1) is 0 Å². The molecule has 0 aromatic carbocycles. The van der Waals surface area contributed by atoms with Crippen molar-refractivity contribution in [1.82, 2.24) is 0 Å². The first-order valence-electron chi connectivity index (χ1n) is 8.49. The predicted octanol–water partition coefficient (Wildman–Crippen LogP) is -3.22. The molecule has 10 atom stereocenters. The van der Waals surface area contributed by atoms with Crippen molar-refractivity contribution < 1.29 is 50.3 Å². The summed E-state index contributed by atoms with van der Waals surface area (Å²) in [4.78, 5) is 0.443. The minimum absolute atomic E-state index is 0.420. The summed E-state index contributed by atoms with van der Waals surface area (Å²) in [6.07, 6.45) is -13.0. The average molecular weight is 408 g/mol. The van der Waals surface area contributed by atoms with E-state index in [4.69, 9.17) is 9.47 Å². The zero-order valence-electron chi connectivity index (χ0n) is 14.1. The first-order chi connectivity index (χ1) is 12.8. The van der Waals surface area contributed by atoms with E-state index in [1.807, 2.05) is 0 Å². The normalized spacial score (nSPS) is 45.8. The van der Waals surface area contributed by atoms with E-state index in [0.29, 0.717) is 10.4 Å².